The lowest BCUT2D eigenvalue weighted by molar-refractivity contribution is -0.139. The van der Waals surface area contributed by atoms with E-state index in [4.69, 9.17) is 11.6 Å². The minimum Gasteiger partial charge on any atom is -0.336 e. The van der Waals surface area contributed by atoms with Gasteiger partial charge in [-0.2, -0.15) is 5.10 Å². The molecule has 0 aromatic carbocycles. The highest BCUT2D eigenvalue weighted by molar-refractivity contribution is 6.36. The summed E-state index contributed by atoms with van der Waals surface area (Å²) in [5.74, 6) is 2.08. The van der Waals surface area contributed by atoms with Crippen LogP contribution in [0, 0.1) is 11.8 Å². The number of hydrogen-bond acceptors (Lipinski definition) is 3. The summed E-state index contributed by atoms with van der Waals surface area (Å²) < 4.78 is 1.68. The topological polar surface area (TPSA) is 57.9 Å². The molecule has 3 unspecified atom stereocenters. The second-order valence-corrected chi connectivity index (χ2v) is 9.81. The van der Waals surface area contributed by atoms with Gasteiger partial charge in [0.05, 0.1) is 10.5 Å². The molecule has 1 saturated heterocycles. The zero-order valence-electron chi connectivity index (χ0n) is 16.6. The second kappa shape index (κ2) is 6.21. The largest absolute Gasteiger partial charge is 0.336 e. The van der Waals surface area contributed by atoms with E-state index in [1.165, 1.54) is 24.8 Å². The molecule has 6 nitrogen and oxygen atoms in total. The first-order valence-electron chi connectivity index (χ1n) is 10.8. The Morgan fingerprint density at radius 1 is 1.21 bits per heavy atom. The van der Waals surface area contributed by atoms with Gasteiger partial charge in [0.2, 0.25) is 5.91 Å². The van der Waals surface area contributed by atoms with Crippen LogP contribution < -0.4 is 0 Å². The lowest BCUT2D eigenvalue weighted by Crippen LogP contribution is -2.59. The van der Waals surface area contributed by atoms with E-state index in [0.717, 1.165) is 30.2 Å². The summed E-state index contributed by atoms with van der Waals surface area (Å²) in [6.45, 7) is 2.73. The number of piperazine rings is 1. The fourth-order valence-electron chi connectivity index (χ4n) is 5.42. The summed E-state index contributed by atoms with van der Waals surface area (Å²) in [6.07, 6.45) is 7.91. The molecule has 2 aromatic rings. The van der Waals surface area contributed by atoms with Crippen LogP contribution in [0.1, 0.15) is 61.0 Å². The van der Waals surface area contributed by atoms with Gasteiger partial charge in [-0.3, -0.25) is 9.59 Å². The zero-order valence-corrected chi connectivity index (χ0v) is 17.3. The van der Waals surface area contributed by atoms with E-state index in [1.54, 1.807) is 9.42 Å². The molecule has 2 aromatic heterocycles. The van der Waals surface area contributed by atoms with Gasteiger partial charge in [0, 0.05) is 24.8 Å². The zero-order chi connectivity index (χ0) is 19.9. The molecule has 4 fully saturated rings. The number of halogens is 1. The summed E-state index contributed by atoms with van der Waals surface area (Å²) in [5.41, 5.74) is 2.27. The Hall–Kier alpha value is -2.08. The Labute approximate surface area is 174 Å². The van der Waals surface area contributed by atoms with Crippen LogP contribution in [0.5, 0.6) is 0 Å². The summed E-state index contributed by atoms with van der Waals surface area (Å²) in [4.78, 5) is 29.8. The fraction of sp³-hybridized carbons (Fsp3) is 0.591. The van der Waals surface area contributed by atoms with E-state index in [1.807, 2.05) is 24.1 Å². The third kappa shape index (κ3) is 2.87. The molecule has 6 rings (SSSR count). The van der Waals surface area contributed by atoms with E-state index in [0.29, 0.717) is 23.5 Å². The van der Waals surface area contributed by atoms with E-state index < -0.39 is 0 Å². The van der Waals surface area contributed by atoms with Crippen LogP contribution in [0.15, 0.2) is 18.3 Å². The smallest absolute Gasteiger partial charge is 0.276 e. The summed E-state index contributed by atoms with van der Waals surface area (Å²) in [5, 5.41) is 4.83. The van der Waals surface area contributed by atoms with Gasteiger partial charge < -0.3 is 9.80 Å². The Morgan fingerprint density at radius 2 is 1.97 bits per heavy atom. The Morgan fingerprint density at radius 3 is 2.69 bits per heavy atom. The van der Waals surface area contributed by atoms with Crippen molar-refractivity contribution in [2.75, 3.05) is 13.1 Å². The van der Waals surface area contributed by atoms with Crippen molar-refractivity contribution >= 4 is 28.9 Å². The van der Waals surface area contributed by atoms with E-state index in [2.05, 4.69) is 11.2 Å². The molecule has 3 aliphatic carbocycles. The molecule has 0 bridgehead atoms. The van der Waals surface area contributed by atoms with Crippen molar-refractivity contribution < 1.29 is 9.59 Å². The van der Waals surface area contributed by atoms with E-state index in [-0.39, 0.29) is 30.1 Å². The first-order valence-corrected chi connectivity index (χ1v) is 11.2. The lowest BCUT2D eigenvalue weighted by atomic mass is 10.1. The van der Waals surface area contributed by atoms with Gasteiger partial charge >= 0.3 is 0 Å². The summed E-state index contributed by atoms with van der Waals surface area (Å²) in [7, 11) is 0. The van der Waals surface area contributed by atoms with Crippen LogP contribution in [-0.2, 0) is 4.79 Å². The van der Waals surface area contributed by atoms with Crippen molar-refractivity contribution in [3.63, 3.8) is 0 Å². The number of pyridine rings is 1. The minimum absolute atomic E-state index is 0.0416. The molecular formula is C22H25ClN4O2. The molecule has 152 valence electrons. The van der Waals surface area contributed by atoms with Crippen molar-refractivity contribution in [2.45, 2.75) is 57.0 Å². The monoisotopic (exact) mass is 412 g/mol. The molecule has 1 aliphatic heterocycles. The van der Waals surface area contributed by atoms with Gasteiger partial charge in [0.25, 0.3) is 5.91 Å². The molecule has 2 amide bonds. The van der Waals surface area contributed by atoms with Crippen molar-refractivity contribution in [2.24, 2.45) is 11.8 Å². The van der Waals surface area contributed by atoms with Gasteiger partial charge in [-0.1, -0.05) is 11.6 Å². The van der Waals surface area contributed by atoms with Crippen molar-refractivity contribution in [3.05, 3.63) is 34.6 Å². The van der Waals surface area contributed by atoms with Crippen molar-refractivity contribution in [1.29, 1.82) is 0 Å². The summed E-state index contributed by atoms with van der Waals surface area (Å²) in [6, 6.07) is 4.42. The molecule has 3 saturated carbocycles. The first kappa shape index (κ1) is 17.8. The predicted octanol–water partition coefficient (Wildman–Crippen LogP) is 3.34. The van der Waals surface area contributed by atoms with Gasteiger partial charge in [-0.15, -0.1) is 0 Å². The number of amides is 2. The Balaban J connectivity index is 1.24. The molecule has 3 atom stereocenters. The average molecular weight is 413 g/mol. The molecule has 0 radical (unpaired) electrons. The maximum absolute atomic E-state index is 13.3. The molecule has 0 spiro atoms. The minimum atomic E-state index is -0.249. The predicted molar refractivity (Wildman–Crippen MR) is 109 cm³/mol. The van der Waals surface area contributed by atoms with E-state index in [9.17, 15) is 9.59 Å². The van der Waals surface area contributed by atoms with Gasteiger partial charge in [0.15, 0.2) is 5.69 Å². The number of carbonyl (C=O) groups excluding carboxylic acids is 2. The number of nitrogens with zero attached hydrogens (tertiary/aromatic N) is 4. The third-order valence-electron chi connectivity index (χ3n) is 7.39. The average Bonchev–Trinajstić information content (AvgIpc) is 3.63. The van der Waals surface area contributed by atoms with Gasteiger partial charge in [-0.05, 0) is 74.5 Å². The highest BCUT2D eigenvalue weighted by Crippen LogP contribution is 2.53. The molecule has 3 heterocycles. The number of fused-ring (bicyclic) bond motifs is 2. The second-order valence-electron chi connectivity index (χ2n) is 9.44. The number of aromatic nitrogens is 2. The molecule has 4 aliphatic rings. The molecule has 0 N–H and O–H groups in total. The number of carbonyl (C=O) groups is 2. The maximum Gasteiger partial charge on any atom is 0.276 e. The van der Waals surface area contributed by atoms with Gasteiger partial charge in [-0.25, -0.2) is 4.52 Å². The Kier molecular flexibility index (Phi) is 3.80. The van der Waals surface area contributed by atoms with Crippen LogP contribution >= 0.6 is 11.6 Å². The number of hydrogen-bond donors (Lipinski definition) is 0. The van der Waals surface area contributed by atoms with Crippen LogP contribution in [0.25, 0.3) is 5.52 Å². The van der Waals surface area contributed by atoms with Crippen molar-refractivity contribution in [1.82, 2.24) is 19.4 Å². The summed E-state index contributed by atoms with van der Waals surface area (Å²) >= 11 is 6.58. The number of rotatable bonds is 3. The fourth-order valence-corrected chi connectivity index (χ4v) is 5.68. The van der Waals surface area contributed by atoms with Gasteiger partial charge in [0.1, 0.15) is 6.54 Å². The normalized spacial score (nSPS) is 31.4. The SMILES string of the molecule is CC1CN(C2CC3CC3C2)C(=O)CN1C(=O)c1nn2ccc(C3CC3)cc2c1Cl. The van der Waals surface area contributed by atoms with Crippen LogP contribution in [0.4, 0.5) is 0 Å². The standard InChI is InChI=1S/C22H25ClN4O2/c1-12-10-26(17-7-15-6-16(15)8-17)19(28)11-25(12)22(29)21-20(23)18-9-14(13-2-3-13)4-5-27(18)24-21/h4-5,9,12-13,15-17H,2-3,6-8,10-11H2,1H3. The third-order valence-corrected chi connectivity index (χ3v) is 7.76. The van der Waals surface area contributed by atoms with Crippen molar-refractivity contribution in [3.8, 4) is 0 Å². The van der Waals surface area contributed by atoms with Crippen LogP contribution in [-0.4, -0.2) is 56.4 Å². The highest BCUT2D eigenvalue weighted by atomic mass is 35.5. The lowest BCUT2D eigenvalue weighted by Gasteiger charge is -2.42. The maximum atomic E-state index is 13.3. The first-order chi connectivity index (χ1) is 14.0. The van der Waals surface area contributed by atoms with E-state index >= 15 is 0 Å². The quantitative estimate of drug-likeness (QED) is 0.776. The highest BCUT2D eigenvalue weighted by Gasteiger charge is 2.49. The molecular weight excluding hydrogens is 388 g/mol. The van der Waals surface area contributed by atoms with Crippen LogP contribution in [0.2, 0.25) is 5.02 Å². The molecule has 29 heavy (non-hydrogen) atoms. The Bertz CT molecular complexity index is 1020. The molecule has 7 heteroatoms. The van der Waals surface area contributed by atoms with Crippen LogP contribution in [0.3, 0.4) is 0 Å².